The van der Waals surface area contributed by atoms with Gasteiger partial charge in [0.2, 0.25) is 0 Å². The van der Waals surface area contributed by atoms with E-state index in [9.17, 15) is 0 Å². The summed E-state index contributed by atoms with van der Waals surface area (Å²) in [5, 5.41) is 3.67. The van der Waals surface area contributed by atoms with E-state index in [4.69, 9.17) is 0 Å². The second kappa shape index (κ2) is 6.33. The number of thiophene rings is 1. The largest absolute Gasteiger partial charge is 0.306 e. The van der Waals surface area contributed by atoms with E-state index >= 15 is 0 Å². The maximum atomic E-state index is 3.67. The van der Waals surface area contributed by atoms with Crippen molar-refractivity contribution in [3.8, 4) is 0 Å². The Kier molecular flexibility index (Phi) is 4.46. The molecular formula is C19H25NS. The predicted molar refractivity (Wildman–Crippen MR) is 92.3 cm³/mol. The van der Waals surface area contributed by atoms with Gasteiger partial charge in [0.25, 0.3) is 0 Å². The van der Waals surface area contributed by atoms with Crippen molar-refractivity contribution in [3.63, 3.8) is 0 Å². The van der Waals surface area contributed by atoms with E-state index < -0.39 is 0 Å². The SMILES string of the molecule is CCNC(c1cccc(C2CCC2)c1)c1cc(C)c(C)s1. The molecule has 1 aliphatic carbocycles. The average Bonchev–Trinajstić information content (AvgIpc) is 2.74. The van der Waals surface area contributed by atoms with Gasteiger partial charge in [0.15, 0.2) is 0 Å². The highest BCUT2D eigenvalue weighted by atomic mass is 32.1. The van der Waals surface area contributed by atoms with E-state index in [0.29, 0.717) is 6.04 Å². The third-order valence-electron chi connectivity index (χ3n) is 4.70. The Morgan fingerprint density at radius 3 is 2.62 bits per heavy atom. The number of nitrogens with one attached hydrogen (secondary N) is 1. The van der Waals surface area contributed by atoms with Gasteiger partial charge in [-0.25, -0.2) is 0 Å². The molecule has 1 atom stereocenters. The Morgan fingerprint density at radius 1 is 1.24 bits per heavy atom. The normalized spacial score (nSPS) is 16.7. The van der Waals surface area contributed by atoms with Crippen LogP contribution in [0, 0.1) is 13.8 Å². The molecule has 1 nitrogen and oxygen atoms in total. The molecule has 0 amide bonds. The third-order valence-corrected chi connectivity index (χ3v) is 5.92. The number of benzene rings is 1. The molecule has 1 heterocycles. The first-order chi connectivity index (χ1) is 10.2. The van der Waals surface area contributed by atoms with E-state index in [1.165, 1.54) is 45.7 Å². The maximum Gasteiger partial charge on any atom is 0.0671 e. The molecule has 1 N–H and O–H groups in total. The third kappa shape index (κ3) is 3.07. The van der Waals surface area contributed by atoms with Crippen LogP contribution in [-0.2, 0) is 0 Å². The van der Waals surface area contributed by atoms with Crippen molar-refractivity contribution in [3.05, 3.63) is 56.8 Å². The maximum absolute atomic E-state index is 3.67. The molecule has 112 valence electrons. The first kappa shape index (κ1) is 14.8. The summed E-state index contributed by atoms with van der Waals surface area (Å²) in [6.45, 7) is 7.62. The van der Waals surface area contributed by atoms with Crippen molar-refractivity contribution in [2.45, 2.75) is 52.0 Å². The minimum Gasteiger partial charge on any atom is -0.306 e. The summed E-state index contributed by atoms with van der Waals surface area (Å²) < 4.78 is 0. The molecular weight excluding hydrogens is 274 g/mol. The van der Waals surface area contributed by atoms with Crippen molar-refractivity contribution < 1.29 is 0 Å². The Morgan fingerprint density at radius 2 is 2.05 bits per heavy atom. The highest BCUT2D eigenvalue weighted by Gasteiger charge is 2.21. The monoisotopic (exact) mass is 299 g/mol. The van der Waals surface area contributed by atoms with Gasteiger partial charge in [-0.2, -0.15) is 0 Å². The van der Waals surface area contributed by atoms with E-state index in [-0.39, 0.29) is 0 Å². The molecule has 0 saturated heterocycles. The van der Waals surface area contributed by atoms with Gasteiger partial charge in [0.1, 0.15) is 0 Å². The van der Waals surface area contributed by atoms with Crippen LogP contribution in [0.5, 0.6) is 0 Å². The van der Waals surface area contributed by atoms with Crippen LogP contribution in [0.4, 0.5) is 0 Å². The Balaban J connectivity index is 1.92. The van der Waals surface area contributed by atoms with Crippen LogP contribution in [0.15, 0.2) is 30.3 Å². The molecule has 3 rings (SSSR count). The summed E-state index contributed by atoms with van der Waals surface area (Å²) in [5.74, 6) is 0.805. The van der Waals surface area contributed by atoms with Crippen LogP contribution in [0.3, 0.4) is 0 Å². The molecule has 0 bridgehead atoms. The summed E-state index contributed by atoms with van der Waals surface area (Å²) in [4.78, 5) is 2.88. The predicted octanol–water partition coefficient (Wildman–Crippen LogP) is 5.33. The number of rotatable bonds is 5. The van der Waals surface area contributed by atoms with Gasteiger partial charge in [0.05, 0.1) is 6.04 Å². The fraction of sp³-hybridized carbons (Fsp3) is 0.474. The van der Waals surface area contributed by atoms with Gasteiger partial charge in [-0.3, -0.25) is 0 Å². The van der Waals surface area contributed by atoms with Gasteiger partial charge in [-0.15, -0.1) is 11.3 Å². The van der Waals surface area contributed by atoms with Gasteiger partial charge < -0.3 is 5.32 Å². The first-order valence-electron chi connectivity index (χ1n) is 8.09. The highest BCUT2D eigenvalue weighted by molar-refractivity contribution is 7.12. The summed E-state index contributed by atoms with van der Waals surface area (Å²) in [5.41, 5.74) is 4.36. The van der Waals surface area contributed by atoms with Crippen LogP contribution < -0.4 is 5.32 Å². The second-order valence-corrected chi connectivity index (χ2v) is 7.46. The number of hydrogen-bond donors (Lipinski definition) is 1. The van der Waals surface area contributed by atoms with E-state index in [0.717, 1.165) is 12.5 Å². The summed E-state index contributed by atoms with van der Waals surface area (Å²) in [7, 11) is 0. The van der Waals surface area contributed by atoms with E-state index in [1.807, 2.05) is 11.3 Å². The van der Waals surface area contributed by atoms with Gasteiger partial charge in [0, 0.05) is 9.75 Å². The molecule has 2 aromatic rings. The lowest BCUT2D eigenvalue weighted by Crippen LogP contribution is -2.21. The standard InChI is InChI=1S/C19H25NS/c1-4-20-19(18-11-13(2)14(3)21-18)17-10-6-9-16(12-17)15-7-5-8-15/h6,9-12,15,19-20H,4-5,7-8H2,1-3H3. The minimum atomic E-state index is 0.340. The molecule has 1 unspecified atom stereocenters. The molecule has 1 fully saturated rings. The second-order valence-electron chi connectivity index (χ2n) is 6.18. The minimum absolute atomic E-state index is 0.340. The number of hydrogen-bond acceptors (Lipinski definition) is 2. The quantitative estimate of drug-likeness (QED) is 0.786. The number of aryl methyl sites for hydroxylation is 2. The van der Waals surface area contributed by atoms with Gasteiger partial charge >= 0.3 is 0 Å². The first-order valence-corrected chi connectivity index (χ1v) is 8.91. The van der Waals surface area contributed by atoms with Crippen LogP contribution in [0.1, 0.15) is 64.6 Å². The smallest absolute Gasteiger partial charge is 0.0671 e. The Labute approximate surface area is 132 Å². The topological polar surface area (TPSA) is 12.0 Å². The molecule has 1 aromatic heterocycles. The fourth-order valence-electron chi connectivity index (χ4n) is 3.06. The van der Waals surface area contributed by atoms with Gasteiger partial charge in [-0.1, -0.05) is 37.6 Å². The molecule has 2 heteroatoms. The highest BCUT2D eigenvalue weighted by Crippen LogP contribution is 2.38. The van der Waals surface area contributed by atoms with Crippen molar-refractivity contribution in [1.29, 1.82) is 0 Å². The van der Waals surface area contributed by atoms with Crippen molar-refractivity contribution in [1.82, 2.24) is 5.32 Å². The lowest BCUT2D eigenvalue weighted by molar-refractivity contribution is 0.419. The zero-order chi connectivity index (χ0) is 14.8. The molecule has 0 radical (unpaired) electrons. The fourth-order valence-corrected chi connectivity index (χ4v) is 4.21. The van der Waals surface area contributed by atoms with E-state index in [1.54, 1.807) is 0 Å². The zero-order valence-electron chi connectivity index (χ0n) is 13.3. The van der Waals surface area contributed by atoms with Crippen molar-refractivity contribution in [2.24, 2.45) is 0 Å². The van der Waals surface area contributed by atoms with Gasteiger partial charge in [-0.05, 0) is 61.9 Å². The summed E-state index contributed by atoms with van der Waals surface area (Å²) in [6.07, 6.45) is 4.13. The Hall–Kier alpha value is -1.12. The molecule has 0 spiro atoms. The van der Waals surface area contributed by atoms with Crippen molar-refractivity contribution >= 4 is 11.3 Å². The molecule has 1 saturated carbocycles. The van der Waals surface area contributed by atoms with Crippen LogP contribution >= 0.6 is 11.3 Å². The van der Waals surface area contributed by atoms with Crippen LogP contribution in [0.2, 0.25) is 0 Å². The Bertz CT molecular complexity index is 590. The molecule has 1 aliphatic rings. The van der Waals surface area contributed by atoms with Crippen LogP contribution in [0.25, 0.3) is 0 Å². The zero-order valence-corrected chi connectivity index (χ0v) is 14.1. The summed E-state index contributed by atoms with van der Waals surface area (Å²) >= 11 is 1.93. The lowest BCUT2D eigenvalue weighted by atomic mass is 9.79. The van der Waals surface area contributed by atoms with E-state index in [2.05, 4.69) is 56.4 Å². The molecule has 0 aliphatic heterocycles. The summed E-state index contributed by atoms with van der Waals surface area (Å²) in [6, 6.07) is 11.9. The lowest BCUT2D eigenvalue weighted by Gasteiger charge is -2.27. The molecule has 21 heavy (non-hydrogen) atoms. The molecule has 1 aromatic carbocycles. The van der Waals surface area contributed by atoms with Crippen molar-refractivity contribution in [2.75, 3.05) is 6.54 Å². The average molecular weight is 299 g/mol. The van der Waals surface area contributed by atoms with Crippen LogP contribution in [-0.4, -0.2) is 6.54 Å².